The Labute approximate surface area is 201 Å². The number of thioether (sulfide) groups is 1. The quantitative estimate of drug-likeness (QED) is 0.137. The van der Waals surface area contributed by atoms with E-state index in [1.807, 2.05) is 36.6 Å². The van der Waals surface area contributed by atoms with Crippen molar-refractivity contribution in [1.29, 1.82) is 0 Å². The highest BCUT2D eigenvalue weighted by atomic mass is 32.2. The van der Waals surface area contributed by atoms with Gasteiger partial charge in [0.25, 0.3) is 0 Å². The summed E-state index contributed by atoms with van der Waals surface area (Å²) in [6, 6.07) is 16.1. The maximum atomic E-state index is 13.5. The van der Waals surface area contributed by atoms with Gasteiger partial charge in [0.1, 0.15) is 11.5 Å². The van der Waals surface area contributed by atoms with Crippen LogP contribution in [0.25, 0.3) is 16.9 Å². The van der Waals surface area contributed by atoms with E-state index in [0.717, 1.165) is 16.2 Å². The molecule has 7 heteroatoms. The van der Waals surface area contributed by atoms with Crippen LogP contribution in [0.2, 0.25) is 18.1 Å². The molecule has 0 saturated carbocycles. The second-order valence-electron chi connectivity index (χ2n) is 9.67. The van der Waals surface area contributed by atoms with Crippen molar-refractivity contribution in [2.75, 3.05) is 12.9 Å². The first-order valence-electron chi connectivity index (χ1n) is 11.2. The van der Waals surface area contributed by atoms with Crippen LogP contribution in [0.4, 0.5) is 4.39 Å². The number of rotatable bonds is 9. The van der Waals surface area contributed by atoms with Crippen molar-refractivity contribution >= 4 is 25.9 Å². The Hall–Kier alpha value is -2.22. The summed E-state index contributed by atoms with van der Waals surface area (Å²) in [5, 5.41) is 4.75. The van der Waals surface area contributed by atoms with Crippen LogP contribution in [-0.2, 0) is 4.43 Å². The van der Waals surface area contributed by atoms with Crippen LogP contribution in [0.1, 0.15) is 44.1 Å². The number of hydrogen-bond acceptors (Lipinski definition) is 4. The van der Waals surface area contributed by atoms with Gasteiger partial charge in [-0.2, -0.15) is 5.10 Å². The van der Waals surface area contributed by atoms with Crippen molar-refractivity contribution in [3.05, 3.63) is 66.1 Å². The lowest BCUT2D eigenvalue weighted by molar-refractivity contribution is 0.0967. The van der Waals surface area contributed by atoms with Crippen molar-refractivity contribution in [3.8, 4) is 16.9 Å². The zero-order chi connectivity index (χ0) is 24.2. The Bertz CT molecular complexity index is 1090. The summed E-state index contributed by atoms with van der Waals surface area (Å²) in [6.45, 7) is 11.6. The number of carbonyl (C=O) groups is 1. The summed E-state index contributed by atoms with van der Waals surface area (Å²) in [5.41, 5.74) is 2.87. The third-order valence-corrected chi connectivity index (χ3v) is 11.6. The van der Waals surface area contributed by atoms with Crippen LogP contribution in [0.3, 0.4) is 0 Å². The molecule has 2 aromatic carbocycles. The standard InChI is InChI=1S/C26H33FN2O2SSi/c1-26(2,3)33(5,6)31-17-7-8-25(30)23-18-24(19-9-15-22(32-4)16-10-19)29(28-23)21-13-11-20(27)12-14-21/h9-16,18H,7-8,17H2,1-6H3. The SMILES string of the molecule is CSc1ccc(-c2cc(C(=O)CCCO[Si](C)(C)C(C)(C)C)nn2-c2ccc(F)cc2)cc1. The van der Waals surface area contributed by atoms with Crippen LogP contribution in [0, 0.1) is 5.82 Å². The molecule has 0 bridgehead atoms. The van der Waals surface area contributed by atoms with Crippen molar-refractivity contribution in [2.24, 2.45) is 0 Å². The van der Waals surface area contributed by atoms with Crippen molar-refractivity contribution in [1.82, 2.24) is 9.78 Å². The van der Waals surface area contributed by atoms with Gasteiger partial charge in [-0.15, -0.1) is 11.8 Å². The number of carbonyl (C=O) groups excluding carboxylic acids is 1. The molecule has 0 unspecified atom stereocenters. The molecular weight excluding hydrogens is 451 g/mol. The van der Waals surface area contributed by atoms with E-state index in [4.69, 9.17) is 4.43 Å². The summed E-state index contributed by atoms with van der Waals surface area (Å²) < 4.78 is 21.4. The number of Topliss-reactive ketones (excluding diaryl/α,β-unsaturated/α-hetero) is 1. The minimum absolute atomic E-state index is 0.0170. The number of hydrogen-bond donors (Lipinski definition) is 0. The Kier molecular flexibility index (Phi) is 7.98. The molecule has 3 aromatic rings. The number of nitrogens with zero attached hydrogens (tertiary/aromatic N) is 2. The third kappa shape index (κ3) is 6.22. The molecule has 1 aromatic heterocycles. The largest absolute Gasteiger partial charge is 0.417 e. The summed E-state index contributed by atoms with van der Waals surface area (Å²) in [5.74, 6) is -0.327. The second kappa shape index (κ2) is 10.4. The summed E-state index contributed by atoms with van der Waals surface area (Å²) >= 11 is 1.67. The molecule has 4 nitrogen and oxygen atoms in total. The summed E-state index contributed by atoms with van der Waals surface area (Å²) in [4.78, 5) is 14.1. The van der Waals surface area contributed by atoms with E-state index >= 15 is 0 Å². The van der Waals surface area contributed by atoms with Gasteiger partial charge >= 0.3 is 0 Å². The Morgan fingerprint density at radius 1 is 1.09 bits per heavy atom. The van der Waals surface area contributed by atoms with E-state index in [0.29, 0.717) is 30.8 Å². The van der Waals surface area contributed by atoms with E-state index in [2.05, 4.69) is 39.0 Å². The monoisotopic (exact) mass is 484 g/mol. The minimum Gasteiger partial charge on any atom is -0.417 e. The molecule has 33 heavy (non-hydrogen) atoms. The molecule has 0 aliphatic rings. The normalized spacial score (nSPS) is 12.2. The number of benzene rings is 2. The maximum Gasteiger partial charge on any atom is 0.191 e. The Balaban J connectivity index is 1.80. The highest BCUT2D eigenvalue weighted by Crippen LogP contribution is 2.36. The topological polar surface area (TPSA) is 44.1 Å². The number of aromatic nitrogens is 2. The van der Waals surface area contributed by atoms with E-state index in [1.165, 1.54) is 12.1 Å². The molecule has 0 atom stereocenters. The van der Waals surface area contributed by atoms with Crippen molar-refractivity contribution < 1.29 is 13.6 Å². The molecule has 0 aliphatic carbocycles. The van der Waals surface area contributed by atoms with E-state index in [-0.39, 0.29) is 16.6 Å². The third-order valence-electron chi connectivity index (χ3n) is 6.27. The van der Waals surface area contributed by atoms with Gasteiger partial charge in [-0.05, 0) is 73.3 Å². The first-order chi connectivity index (χ1) is 15.5. The zero-order valence-corrected chi connectivity index (χ0v) is 22.1. The second-order valence-corrected chi connectivity index (χ2v) is 15.4. The van der Waals surface area contributed by atoms with E-state index < -0.39 is 8.32 Å². The first kappa shape index (κ1) is 25.4. The fourth-order valence-corrected chi connectivity index (χ4v) is 4.66. The lowest BCUT2D eigenvalue weighted by Gasteiger charge is -2.36. The molecular formula is C26H33FN2O2SSi. The molecule has 0 aliphatic heterocycles. The predicted molar refractivity (Wildman–Crippen MR) is 137 cm³/mol. The fourth-order valence-electron chi connectivity index (χ4n) is 3.17. The molecule has 1 heterocycles. The molecule has 3 rings (SSSR count). The minimum atomic E-state index is -1.83. The number of ketones is 1. The van der Waals surface area contributed by atoms with Gasteiger partial charge in [0.05, 0.1) is 11.4 Å². The zero-order valence-electron chi connectivity index (χ0n) is 20.3. The highest BCUT2D eigenvalue weighted by molar-refractivity contribution is 7.98. The highest BCUT2D eigenvalue weighted by Gasteiger charge is 2.36. The van der Waals surface area contributed by atoms with E-state index in [1.54, 1.807) is 28.6 Å². The fraction of sp³-hybridized carbons (Fsp3) is 0.385. The number of halogens is 1. The van der Waals surface area contributed by atoms with Crippen LogP contribution in [0.15, 0.2) is 59.5 Å². The molecule has 0 N–H and O–H groups in total. The van der Waals surface area contributed by atoms with Crippen molar-refractivity contribution in [3.63, 3.8) is 0 Å². The van der Waals surface area contributed by atoms with Crippen LogP contribution < -0.4 is 0 Å². The van der Waals surface area contributed by atoms with Gasteiger partial charge in [-0.3, -0.25) is 4.79 Å². The summed E-state index contributed by atoms with van der Waals surface area (Å²) in [6.07, 6.45) is 3.07. The van der Waals surface area contributed by atoms with Gasteiger partial charge < -0.3 is 4.43 Å². The lowest BCUT2D eigenvalue weighted by Crippen LogP contribution is -2.41. The molecule has 0 radical (unpaired) electrons. The molecule has 0 saturated heterocycles. The Morgan fingerprint density at radius 2 is 1.73 bits per heavy atom. The molecule has 0 amide bonds. The van der Waals surface area contributed by atoms with E-state index in [9.17, 15) is 9.18 Å². The van der Waals surface area contributed by atoms with Gasteiger partial charge in [0.2, 0.25) is 0 Å². The van der Waals surface area contributed by atoms with Gasteiger partial charge in [-0.25, -0.2) is 9.07 Å². The van der Waals surface area contributed by atoms with Crippen molar-refractivity contribution in [2.45, 2.75) is 56.6 Å². The average molecular weight is 485 g/mol. The summed E-state index contributed by atoms with van der Waals surface area (Å²) in [7, 11) is -1.83. The molecule has 176 valence electrons. The average Bonchev–Trinajstić information content (AvgIpc) is 3.22. The van der Waals surface area contributed by atoms with Crippen LogP contribution in [-0.4, -0.2) is 36.7 Å². The first-order valence-corrected chi connectivity index (χ1v) is 15.3. The molecule has 0 fully saturated rings. The van der Waals surface area contributed by atoms with Crippen LogP contribution in [0.5, 0.6) is 0 Å². The Morgan fingerprint density at radius 3 is 2.30 bits per heavy atom. The van der Waals surface area contributed by atoms with Gasteiger partial charge in [-0.1, -0.05) is 32.9 Å². The lowest BCUT2D eigenvalue weighted by atomic mass is 10.1. The predicted octanol–water partition coefficient (Wildman–Crippen LogP) is 7.39. The smallest absolute Gasteiger partial charge is 0.191 e. The van der Waals surface area contributed by atoms with Gasteiger partial charge in [0.15, 0.2) is 14.1 Å². The van der Waals surface area contributed by atoms with Gasteiger partial charge in [0, 0.05) is 23.5 Å². The molecule has 0 spiro atoms. The van der Waals surface area contributed by atoms with Crippen LogP contribution >= 0.6 is 11.8 Å². The maximum absolute atomic E-state index is 13.5.